The zero-order chi connectivity index (χ0) is 23.2. The SMILES string of the molecule is Cc1c(C(=O)N2CCC(C(=O)N3CCc4ccccc4C3)CC2)oc2c1ccc1ccccc12. The molecule has 0 bridgehead atoms. The van der Waals surface area contributed by atoms with Crippen molar-refractivity contribution in [2.24, 2.45) is 5.92 Å². The van der Waals surface area contributed by atoms with E-state index in [0.717, 1.165) is 40.3 Å². The maximum absolute atomic E-state index is 13.4. The summed E-state index contributed by atoms with van der Waals surface area (Å²) in [5, 5.41) is 3.11. The lowest BCUT2D eigenvalue weighted by Crippen LogP contribution is -2.45. The topological polar surface area (TPSA) is 53.8 Å². The summed E-state index contributed by atoms with van der Waals surface area (Å²) in [6, 6.07) is 20.6. The molecule has 3 aromatic carbocycles. The van der Waals surface area contributed by atoms with E-state index in [2.05, 4.69) is 30.3 Å². The van der Waals surface area contributed by atoms with Gasteiger partial charge in [0, 0.05) is 48.4 Å². The van der Waals surface area contributed by atoms with Gasteiger partial charge in [-0.25, -0.2) is 0 Å². The molecule has 0 unspecified atom stereocenters. The number of furan rings is 1. The molecule has 4 aromatic rings. The number of hydrogen-bond acceptors (Lipinski definition) is 3. The average Bonchev–Trinajstić information content (AvgIpc) is 3.24. The molecule has 1 aromatic heterocycles. The first-order chi connectivity index (χ1) is 16.6. The number of likely N-dealkylation sites (tertiary alicyclic amines) is 1. The molecule has 34 heavy (non-hydrogen) atoms. The van der Waals surface area contributed by atoms with Crippen molar-refractivity contribution in [2.75, 3.05) is 19.6 Å². The second-order valence-corrected chi connectivity index (χ2v) is 9.56. The number of carbonyl (C=O) groups is 2. The molecule has 2 aliphatic heterocycles. The van der Waals surface area contributed by atoms with Gasteiger partial charge in [-0.1, -0.05) is 60.7 Å². The van der Waals surface area contributed by atoms with E-state index in [-0.39, 0.29) is 17.7 Å². The van der Waals surface area contributed by atoms with E-state index in [9.17, 15) is 9.59 Å². The second-order valence-electron chi connectivity index (χ2n) is 9.56. The number of amides is 2. The van der Waals surface area contributed by atoms with Crippen LogP contribution in [0.15, 0.2) is 65.1 Å². The van der Waals surface area contributed by atoms with Crippen LogP contribution in [0.1, 0.15) is 40.1 Å². The summed E-state index contributed by atoms with van der Waals surface area (Å²) in [6.07, 6.45) is 2.31. The molecule has 2 aliphatic rings. The van der Waals surface area contributed by atoms with Crippen molar-refractivity contribution in [3.8, 4) is 0 Å². The van der Waals surface area contributed by atoms with E-state index in [1.54, 1.807) is 0 Å². The Balaban J connectivity index is 1.16. The minimum absolute atomic E-state index is 0.0185. The van der Waals surface area contributed by atoms with Gasteiger partial charge in [0.05, 0.1) is 0 Å². The molecule has 0 spiro atoms. The van der Waals surface area contributed by atoms with Crippen LogP contribution in [0.4, 0.5) is 0 Å². The van der Waals surface area contributed by atoms with E-state index in [1.807, 2.05) is 47.1 Å². The van der Waals surface area contributed by atoms with E-state index < -0.39 is 0 Å². The number of nitrogens with zero attached hydrogens (tertiary/aromatic N) is 2. The molecular formula is C29H28N2O3. The lowest BCUT2D eigenvalue weighted by Gasteiger charge is -2.36. The van der Waals surface area contributed by atoms with Gasteiger partial charge < -0.3 is 14.2 Å². The molecule has 0 N–H and O–H groups in total. The van der Waals surface area contributed by atoms with Crippen molar-refractivity contribution in [3.05, 3.63) is 83.1 Å². The first-order valence-electron chi connectivity index (χ1n) is 12.2. The Kier molecular flexibility index (Phi) is 5.13. The zero-order valence-corrected chi connectivity index (χ0v) is 19.4. The summed E-state index contributed by atoms with van der Waals surface area (Å²) in [7, 11) is 0. The number of hydrogen-bond donors (Lipinski definition) is 0. The maximum Gasteiger partial charge on any atom is 0.289 e. The van der Waals surface area contributed by atoms with Gasteiger partial charge in [0.1, 0.15) is 5.58 Å². The van der Waals surface area contributed by atoms with Crippen LogP contribution in [-0.4, -0.2) is 41.2 Å². The fraction of sp³-hybridized carbons (Fsp3) is 0.310. The largest absolute Gasteiger partial charge is 0.450 e. The molecule has 6 rings (SSSR count). The molecule has 5 heteroatoms. The highest BCUT2D eigenvalue weighted by Crippen LogP contribution is 2.33. The molecule has 2 amide bonds. The van der Waals surface area contributed by atoms with Crippen LogP contribution in [0.5, 0.6) is 0 Å². The van der Waals surface area contributed by atoms with Gasteiger partial charge in [0.15, 0.2) is 5.76 Å². The van der Waals surface area contributed by atoms with Crippen molar-refractivity contribution < 1.29 is 14.0 Å². The third-order valence-corrected chi connectivity index (χ3v) is 7.60. The Labute approximate surface area is 198 Å². The fourth-order valence-corrected chi connectivity index (χ4v) is 5.57. The minimum atomic E-state index is -0.0735. The Morgan fingerprint density at radius 2 is 1.56 bits per heavy atom. The summed E-state index contributed by atoms with van der Waals surface area (Å²) >= 11 is 0. The average molecular weight is 453 g/mol. The van der Waals surface area contributed by atoms with Crippen LogP contribution < -0.4 is 0 Å². The van der Waals surface area contributed by atoms with Crippen molar-refractivity contribution in [1.82, 2.24) is 9.80 Å². The lowest BCUT2D eigenvalue weighted by atomic mass is 9.93. The number of carbonyl (C=O) groups excluding carboxylic acids is 2. The summed E-state index contributed by atoms with van der Waals surface area (Å²) in [5.74, 6) is 0.558. The second kappa shape index (κ2) is 8.32. The molecule has 0 radical (unpaired) electrons. The van der Waals surface area contributed by atoms with Crippen molar-refractivity contribution in [3.63, 3.8) is 0 Å². The number of fused-ring (bicyclic) bond motifs is 4. The number of aryl methyl sites for hydroxylation is 1. The molecule has 5 nitrogen and oxygen atoms in total. The molecule has 172 valence electrons. The van der Waals surface area contributed by atoms with Crippen molar-refractivity contribution >= 4 is 33.6 Å². The Morgan fingerprint density at radius 1 is 0.824 bits per heavy atom. The van der Waals surface area contributed by atoms with Crippen LogP contribution in [-0.2, 0) is 17.8 Å². The predicted octanol–water partition coefficient (Wildman–Crippen LogP) is 5.33. The van der Waals surface area contributed by atoms with Crippen LogP contribution in [0.3, 0.4) is 0 Å². The van der Waals surface area contributed by atoms with E-state index in [0.29, 0.717) is 38.2 Å². The molecule has 1 saturated heterocycles. The summed E-state index contributed by atoms with van der Waals surface area (Å²) in [5.41, 5.74) is 4.26. The Hall–Kier alpha value is -3.60. The molecule has 0 aliphatic carbocycles. The number of rotatable bonds is 2. The standard InChI is InChI=1S/C29H28N2O3/c1-19-24-11-10-21-7-4-5-9-25(21)27(24)34-26(19)29(33)30-15-13-22(14-16-30)28(32)31-17-12-20-6-2-3-8-23(20)18-31/h2-11,22H,12-18H2,1H3. The van der Waals surface area contributed by atoms with Crippen molar-refractivity contribution in [2.45, 2.75) is 32.7 Å². The smallest absolute Gasteiger partial charge is 0.289 e. The predicted molar refractivity (Wildman–Crippen MR) is 133 cm³/mol. The molecule has 0 saturated carbocycles. The highest BCUT2D eigenvalue weighted by molar-refractivity contribution is 6.08. The van der Waals surface area contributed by atoms with Gasteiger partial charge in [0.2, 0.25) is 5.91 Å². The van der Waals surface area contributed by atoms with Crippen LogP contribution in [0, 0.1) is 12.8 Å². The highest BCUT2D eigenvalue weighted by atomic mass is 16.3. The first-order valence-corrected chi connectivity index (χ1v) is 12.2. The normalized spacial score (nSPS) is 16.7. The van der Waals surface area contributed by atoms with Gasteiger partial charge in [0.25, 0.3) is 5.91 Å². The third kappa shape index (κ3) is 3.47. The monoisotopic (exact) mass is 452 g/mol. The van der Waals surface area contributed by atoms with Gasteiger partial charge in [-0.2, -0.15) is 0 Å². The Bertz CT molecular complexity index is 1410. The van der Waals surface area contributed by atoms with E-state index in [1.165, 1.54) is 11.1 Å². The number of piperidine rings is 1. The molecule has 0 atom stereocenters. The third-order valence-electron chi connectivity index (χ3n) is 7.60. The summed E-state index contributed by atoms with van der Waals surface area (Å²) in [6.45, 7) is 4.59. The van der Waals surface area contributed by atoms with Gasteiger partial charge in [-0.3, -0.25) is 9.59 Å². The summed E-state index contributed by atoms with van der Waals surface area (Å²) in [4.78, 5) is 30.4. The van der Waals surface area contributed by atoms with Crippen LogP contribution >= 0.6 is 0 Å². The van der Waals surface area contributed by atoms with Crippen LogP contribution in [0.25, 0.3) is 21.7 Å². The highest BCUT2D eigenvalue weighted by Gasteiger charge is 2.33. The fourth-order valence-electron chi connectivity index (χ4n) is 5.57. The molecular weight excluding hydrogens is 424 g/mol. The Morgan fingerprint density at radius 3 is 2.38 bits per heavy atom. The van der Waals surface area contributed by atoms with Crippen molar-refractivity contribution in [1.29, 1.82) is 0 Å². The van der Waals surface area contributed by atoms with Gasteiger partial charge >= 0.3 is 0 Å². The quantitative estimate of drug-likeness (QED) is 0.413. The van der Waals surface area contributed by atoms with Gasteiger partial charge in [-0.15, -0.1) is 0 Å². The summed E-state index contributed by atoms with van der Waals surface area (Å²) < 4.78 is 6.16. The van der Waals surface area contributed by atoms with Crippen LogP contribution in [0.2, 0.25) is 0 Å². The van der Waals surface area contributed by atoms with E-state index in [4.69, 9.17) is 4.42 Å². The molecule has 3 heterocycles. The van der Waals surface area contributed by atoms with Gasteiger partial charge in [-0.05, 0) is 42.7 Å². The minimum Gasteiger partial charge on any atom is -0.450 e. The molecule has 1 fully saturated rings. The number of benzene rings is 3. The first kappa shape index (κ1) is 21.0. The van der Waals surface area contributed by atoms with E-state index >= 15 is 0 Å². The maximum atomic E-state index is 13.4. The lowest BCUT2D eigenvalue weighted by molar-refractivity contribution is -0.137. The zero-order valence-electron chi connectivity index (χ0n) is 19.4.